The Morgan fingerprint density at radius 1 is 0.787 bits per heavy atom. The van der Waals surface area contributed by atoms with Crippen molar-refractivity contribution < 1.29 is 48.0 Å². The van der Waals surface area contributed by atoms with Gasteiger partial charge in [-0.05, 0) is 38.1 Å². The zero-order chi connectivity index (χ0) is 34.3. The van der Waals surface area contributed by atoms with Crippen molar-refractivity contribution in [3.8, 4) is 11.5 Å². The summed E-state index contributed by atoms with van der Waals surface area (Å²) in [5, 5.41) is 24.1. The topological polar surface area (TPSA) is 206 Å². The van der Waals surface area contributed by atoms with Gasteiger partial charge >= 0.3 is 5.97 Å². The van der Waals surface area contributed by atoms with Gasteiger partial charge in [0.2, 0.25) is 23.6 Å². The molecule has 7 rings (SSSR count). The number of amides is 4. The minimum atomic E-state index is -1.83. The average molecular weight is 649 g/mol. The summed E-state index contributed by atoms with van der Waals surface area (Å²) in [6.07, 6.45) is 0. The Morgan fingerprint density at radius 2 is 1.21 bits per heavy atom. The van der Waals surface area contributed by atoms with Crippen molar-refractivity contribution in [2.24, 2.45) is 35.0 Å². The molecule has 4 atom stereocenters. The number of nitro groups is 2. The van der Waals surface area contributed by atoms with Gasteiger partial charge < -0.3 is 14.2 Å². The summed E-state index contributed by atoms with van der Waals surface area (Å²) < 4.78 is 15.5. The molecule has 1 saturated carbocycles. The van der Waals surface area contributed by atoms with Crippen LogP contribution in [0.15, 0.2) is 47.5 Å². The number of allylic oxidation sites excluding steroid dienone is 1. The van der Waals surface area contributed by atoms with Gasteiger partial charge in [-0.1, -0.05) is 12.5 Å². The molecular weight excluding hydrogens is 620 g/mol. The lowest BCUT2D eigenvalue weighted by Crippen LogP contribution is -2.61. The molecule has 2 bridgehead atoms. The van der Waals surface area contributed by atoms with Gasteiger partial charge in [0.05, 0.1) is 66.5 Å². The van der Waals surface area contributed by atoms with Gasteiger partial charge in [-0.2, -0.15) is 0 Å². The lowest BCUT2D eigenvalue weighted by atomic mass is 9.43. The Labute approximate surface area is 266 Å². The van der Waals surface area contributed by atoms with Gasteiger partial charge in [0.15, 0.2) is 0 Å². The Bertz CT molecular complexity index is 1760. The minimum Gasteiger partial charge on any atom is -0.496 e. The van der Waals surface area contributed by atoms with Crippen molar-refractivity contribution in [1.82, 2.24) is 0 Å². The second-order valence-electron chi connectivity index (χ2n) is 11.8. The highest BCUT2D eigenvalue weighted by Crippen LogP contribution is 2.69. The summed E-state index contributed by atoms with van der Waals surface area (Å²) in [6.45, 7) is 4.45. The summed E-state index contributed by atoms with van der Waals surface area (Å²) in [6, 6.07) is 7.20. The van der Waals surface area contributed by atoms with Gasteiger partial charge in [-0.3, -0.25) is 39.4 Å². The molecule has 5 aliphatic rings. The van der Waals surface area contributed by atoms with Crippen LogP contribution in [-0.2, 0) is 28.7 Å². The number of anilines is 2. The molecule has 2 saturated heterocycles. The SMILES string of the molecule is CCOC(=O)C1=C(C)C2C3C(=O)N(c4ccc(OC)cc4[N+](=O)[O-])C(=O)C3C1(C)C1C(=O)N(c3ccc(OC)cc3[N+](=O)[O-])C(=O)C21. The number of hydrogen-bond acceptors (Lipinski definition) is 12. The molecule has 0 spiro atoms. The molecule has 2 aromatic carbocycles. The number of methoxy groups -OCH3 is 2. The van der Waals surface area contributed by atoms with Gasteiger partial charge in [-0.25, -0.2) is 14.6 Å². The van der Waals surface area contributed by atoms with E-state index in [-0.39, 0.29) is 40.6 Å². The lowest BCUT2D eigenvalue weighted by Gasteiger charge is -2.55. The van der Waals surface area contributed by atoms with Crippen LogP contribution in [0.3, 0.4) is 0 Å². The Hall–Kier alpha value is -5.67. The van der Waals surface area contributed by atoms with Gasteiger partial charge in [0.1, 0.15) is 22.9 Å². The largest absolute Gasteiger partial charge is 0.496 e. The first-order valence-electron chi connectivity index (χ1n) is 14.5. The summed E-state index contributed by atoms with van der Waals surface area (Å²) in [5.41, 5.74) is -3.48. The molecule has 2 aromatic rings. The third-order valence-electron chi connectivity index (χ3n) is 9.92. The summed E-state index contributed by atoms with van der Waals surface area (Å²) in [4.78, 5) is 94.9. The predicted octanol–water partition coefficient (Wildman–Crippen LogP) is 2.96. The Kier molecular flexibility index (Phi) is 7.13. The van der Waals surface area contributed by atoms with Crippen LogP contribution in [0.25, 0.3) is 0 Å². The third-order valence-corrected chi connectivity index (χ3v) is 9.92. The number of carbonyl (C=O) groups excluding carboxylic acids is 5. The highest BCUT2D eigenvalue weighted by Gasteiger charge is 2.77. The molecule has 244 valence electrons. The summed E-state index contributed by atoms with van der Waals surface area (Å²) in [7, 11) is 2.58. The van der Waals surface area contributed by atoms with E-state index in [1.165, 1.54) is 52.3 Å². The molecule has 2 heterocycles. The smallest absolute Gasteiger partial charge is 0.334 e. The van der Waals surface area contributed by atoms with Crippen molar-refractivity contribution >= 4 is 52.3 Å². The van der Waals surface area contributed by atoms with Gasteiger partial charge in [-0.15, -0.1) is 0 Å². The first-order chi connectivity index (χ1) is 22.3. The van der Waals surface area contributed by atoms with E-state index in [1.54, 1.807) is 6.92 Å². The lowest BCUT2D eigenvalue weighted by molar-refractivity contribution is -0.384. The van der Waals surface area contributed by atoms with E-state index in [2.05, 4.69) is 0 Å². The van der Waals surface area contributed by atoms with E-state index in [0.717, 1.165) is 12.1 Å². The maximum atomic E-state index is 14.4. The second-order valence-corrected chi connectivity index (χ2v) is 11.8. The van der Waals surface area contributed by atoms with Crippen molar-refractivity contribution in [2.75, 3.05) is 30.6 Å². The zero-order valence-electron chi connectivity index (χ0n) is 25.7. The first-order valence-corrected chi connectivity index (χ1v) is 14.5. The van der Waals surface area contributed by atoms with Gasteiger partial charge in [0.25, 0.3) is 11.4 Å². The van der Waals surface area contributed by atoms with Crippen LogP contribution < -0.4 is 19.3 Å². The standard InChI is InChI=1S/C31H28N4O12/c1-6-47-30(40)23-13(2)20-21-24(28(38)32(26(21)36)16-9-7-14(45-4)11-18(16)34(41)42)31(23,3)25-22(20)27(37)33(29(25)39)17-10-8-15(46-5)12-19(17)35(43)44/h7-12,20-22,24-25H,6H2,1-5H3. The fourth-order valence-corrected chi connectivity index (χ4v) is 8.21. The fraction of sp³-hybridized carbons (Fsp3) is 0.387. The van der Waals surface area contributed by atoms with Crippen LogP contribution in [0.5, 0.6) is 11.5 Å². The molecule has 3 fully saturated rings. The van der Waals surface area contributed by atoms with Crippen molar-refractivity contribution in [1.29, 1.82) is 0 Å². The highest BCUT2D eigenvalue weighted by molar-refractivity contribution is 6.28. The van der Waals surface area contributed by atoms with Crippen molar-refractivity contribution in [3.05, 3.63) is 67.8 Å². The molecule has 16 heteroatoms. The van der Waals surface area contributed by atoms with E-state index >= 15 is 0 Å². The zero-order valence-corrected chi connectivity index (χ0v) is 25.7. The van der Waals surface area contributed by atoms with Crippen molar-refractivity contribution in [3.63, 3.8) is 0 Å². The molecule has 3 aliphatic carbocycles. The van der Waals surface area contributed by atoms with E-state index in [0.29, 0.717) is 9.80 Å². The summed E-state index contributed by atoms with van der Waals surface area (Å²) in [5.74, 6) is -10.7. The van der Waals surface area contributed by atoms with Crippen LogP contribution in [-0.4, -0.2) is 60.3 Å². The quantitative estimate of drug-likeness (QED) is 0.175. The number of carbonyl (C=O) groups is 5. The molecule has 47 heavy (non-hydrogen) atoms. The van der Waals surface area contributed by atoms with Gasteiger partial charge in [0, 0.05) is 16.9 Å². The number of hydrogen-bond donors (Lipinski definition) is 0. The van der Waals surface area contributed by atoms with E-state index in [4.69, 9.17) is 14.2 Å². The normalized spacial score (nSPS) is 27.6. The van der Waals surface area contributed by atoms with Crippen LogP contribution in [0.4, 0.5) is 22.7 Å². The monoisotopic (exact) mass is 648 g/mol. The Balaban J connectivity index is 1.55. The Morgan fingerprint density at radius 3 is 1.57 bits per heavy atom. The maximum Gasteiger partial charge on any atom is 0.334 e. The number of imide groups is 2. The van der Waals surface area contributed by atoms with E-state index < -0.39 is 85.8 Å². The highest BCUT2D eigenvalue weighted by atomic mass is 16.6. The molecule has 4 unspecified atom stereocenters. The average Bonchev–Trinajstić information content (AvgIpc) is 3.46. The minimum absolute atomic E-state index is 0.0497. The molecule has 4 amide bonds. The second kappa shape index (κ2) is 10.7. The van der Waals surface area contributed by atoms with Crippen LogP contribution in [0.2, 0.25) is 0 Å². The maximum absolute atomic E-state index is 14.4. The number of nitrogens with zero attached hydrogens (tertiary/aromatic N) is 4. The molecule has 0 aromatic heterocycles. The molecule has 16 nitrogen and oxygen atoms in total. The first kappa shape index (κ1) is 31.3. The van der Waals surface area contributed by atoms with Crippen LogP contribution >= 0.6 is 0 Å². The van der Waals surface area contributed by atoms with Crippen LogP contribution in [0, 0.1) is 55.2 Å². The summed E-state index contributed by atoms with van der Waals surface area (Å²) >= 11 is 0. The van der Waals surface area contributed by atoms with Crippen molar-refractivity contribution in [2.45, 2.75) is 20.8 Å². The van der Waals surface area contributed by atoms with E-state index in [1.807, 2.05) is 0 Å². The molecule has 0 radical (unpaired) electrons. The predicted molar refractivity (Wildman–Crippen MR) is 159 cm³/mol. The third kappa shape index (κ3) is 4.03. The fourth-order valence-electron chi connectivity index (χ4n) is 8.21. The number of benzene rings is 2. The van der Waals surface area contributed by atoms with Crippen LogP contribution in [0.1, 0.15) is 20.8 Å². The number of ether oxygens (including phenoxy) is 3. The van der Waals surface area contributed by atoms with E-state index in [9.17, 15) is 44.2 Å². The number of nitro benzene ring substituents is 2. The molecule has 2 aliphatic heterocycles. The molecule has 0 N–H and O–H groups in total. The molecular formula is C31H28N4O12. The number of rotatable bonds is 8. The number of esters is 1.